The van der Waals surface area contributed by atoms with Crippen LogP contribution in [0.2, 0.25) is 5.15 Å². The van der Waals surface area contributed by atoms with Crippen molar-refractivity contribution in [1.82, 2.24) is 9.97 Å². The Hall–Kier alpha value is -1.42. The highest BCUT2D eigenvalue weighted by atomic mass is 35.5. The molecule has 0 spiro atoms. The molecular formula is C7H7ClN4O2. The van der Waals surface area contributed by atoms with Crippen molar-refractivity contribution in [3.8, 4) is 6.07 Å². The van der Waals surface area contributed by atoms with Gasteiger partial charge in [0.25, 0.3) is 0 Å². The predicted octanol–water partition coefficient (Wildman–Crippen LogP) is -0.370. The molecule has 1 aromatic heterocycles. The average Bonchev–Trinajstić information content (AvgIpc) is 2.15. The zero-order valence-corrected chi connectivity index (χ0v) is 7.68. The third kappa shape index (κ3) is 2.09. The monoisotopic (exact) mass is 214 g/mol. The summed E-state index contributed by atoms with van der Waals surface area (Å²) >= 11 is 5.59. The molecule has 0 aliphatic carbocycles. The second-order valence-electron chi connectivity index (χ2n) is 2.49. The van der Waals surface area contributed by atoms with Gasteiger partial charge in [0.2, 0.25) is 0 Å². The molecule has 74 valence electrons. The molecule has 0 bridgehead atoms. The smallest absolute Gasteiger partial charge is 0.172 e. The first kappa shape index (κ1) is 10.7. The minimum atomic E-state index is -1.59. The van der Waals surface area contributed by atoms with Gasteiger partial charge in [-0.25, -0.2) is 4.98 Å². The minimum Gasteiger partial charge on any atom is -0.383 e. The minimum absolute atomic E-state index is 0.0742. The third-order valence-corrected chi connectivity index (χ3v) is 1.76. The maximum absolute atomic E-state index is 9.36. The molecule has 6 nitrogen and oxygen atoms in total. The summed E-state index contributed by atoms with van der Waals surface area (Å²) in [5.74, 6) is 0.0948. The summed E-state index contributed by atoms with van der Waals surface area (Å²) in [5.41, 5.74) is 5.19. The highest BCUT2D eigenvalue weighted by Crippen LogP contribution is 2.21. The molecule has 0 radical (unpaired) electrons. The molecule has 0 aromatic carbocycles. The Balaban J connectivity index is 3.03. The fourth-order valence-electron chi connectivity index (χ4n) is 0.807. The van der Waals surface area contributed by atoms with Crippen LogP contribution < -0.4 is 5.73 Å². The van der Waals surface area contributed by atoms with Crippen LogP contribution in [0.3, 0.4) is 0 Å². The lowest BCUT2D eigenvalue weighted by Crippen LogP contribution is -2.18. The van der Waals surface area contributed by atoms with Gasteiger partial charge in [0, 0.05) is 0 Å². The van der Waals surface area contributed by atoms with E-state index in [2.05, 4.69) is 9.97 Å². The van der Waals surface area contributed by atoms with Gasteiger partial charge in [-0.05, 0) is 0 Å². The molecule has 0 fully saturated rings. The summed E-state index contributed by atoms with van der Waals surface area (Å²) in [5, 5.41) is 26.6. The van der Waals surface area contributed by atoms with E-state index in [1.807, 2.05) is 0 Å². The van der Waals surface area contributed by atoms with Crippen molar-refractivity contribution in [3.05, 3.63) is 17.0 Å². The zero-order valence-electron chi connectivity index (χ0n) is 6.92. The van der Waals surface area contributed by atoms with Crippen LogP contribution in [0.25, 0.3) is 0 Å². The number of nitriles is 1. The standard InChI is InChI=1S/C7H7ClN4O2/c8-7-5(6(14)3(13)1-9)11-2-4(10)12-7/h2-3,6,13-14H,(H2,10,12). The number of rotatable bonds is 2. The SMILES string of the molecule is N#CC(O)C(O)c1ncc(N)nc1Cl. The molecular weight excluding hydrogens is 208 g/mol. The van der Waals surface area contributed by atoms with Crippen molar-refractivity contribution in [2.75, 3.05) is 5.73 Å². The third-order valence-electron chi connectivity index (χ3n) is 1.49. The Morgan fingerprint density at radius 1 is 1.57 bits per heavy atom. The molecule has 0 saturated heterocycles. The van der Waals surface area contributed by atoms with Crippen molar-refractivity contribution < 1.29 is 10.2 Å². The molecule has 1 heterocycles. The number of nitrogens with two attached hydrogens (primary N) is 1. The van der Waals surface area contributed by atoms with Crippen LogP contribution in [0.5, 0.6) is 0 Å². The fourth-order valence-corrected chi connectivity index (χ4v) is 1.07. The van der Waals surface area contributed by atoms with Crippen molar-refractivity contribution >= 4 is 17.4 Å². The highest BCUT2D eigenvalue weighted by Gasteiger charge is 2.22. The summed E-state index contributed by atoms with van der Waals surface area (Å²) < 4.78 is 0. The summed E-state index contributed by atoms with van der Waals surface area (Å²) in [4.78, 5) is 7.28. The van der Waals surface area contributed by atoms with Crippen LogP contribution in [0.1, 0.15) is 11.8 Å². The first-order valence-electron chi connectivity index (χ1n) is 3.60. The number of aromatic nitrogens is 2. The number of hydrogen-bond donors (Lipinski definition) is 3. The van der Waals surface area contributed by atoms with Gasteiger partial charge in [0.05, 0.1) is 12.3 Å². The van der Waals surface area contributed by atoms with E-state index in [1.165, 1.54) is 12.3 Å². The van der Waals surface area contributed by atoms with Gasteiger partial charge in [0.15, 0.2) is 11.3 Å². The van der Waals surface area contributed by atoms with Gasteiger partial charge in [-0.1, -0.05) is 11.6 Å². The molecule has 7 heteroatoms. The van der Waals surface area contributed by atoms with E-state index in [4.69, 9.17) is 27.7 Å². The number of anilines is 1. The number of nitrogens with zero attached hydrogens (tertiary/aromatic N) is 3. The highest BCUT2D eigenvalue weighted by molar-refractivity contribution is 6.30. The molecule has 0 amide bonds. The van der Waals surface area contributed by atoms with Gasteiger partial charge in [0.1, 0.15) is 17.6 Å². The molecule has 4 N–H and O–H groups in total. The van der Waals surface area contributed by atoms with Crippen LogP contribution in [0.4, 0.5) is 5.82 Å². The lowest BCUT2D eigenvalue weighted by molar-refractivity contribution is 0.0497. The quantitative estimate of drug-likeness (QED) is 0.579. The molecule has 1 aromatic rings. The molecule has 1 rings (SSSR count). The lowest BCUT2D eigenvalue weighted by Gasteiger charge is -2.11. The Labute approximate surface area is 84.6 Å². The van der Waals surface area contributed by atoms with Gasteiger partial charge < -0.3 is 15.9 Å². The van der Waals surface area contributed by atoms with E-state index in [1.54, 1.807) is 0 Å². The maximum Gasteiger partial charge on any atom is 0.172 e. The Morgan fingerprint density at radius 2 is 2.21 bits per heavy atom. The van der Waals surface area contributed by atoms with Crippen LogP contribution in [-0.2, 0) is 0 Å². The van der Waals surface area contributed by atoms with Crippen molar-refractivity contribution in [3.63, 3.8) is 0 Å². The van der Waals surface area contributed by atoms with E-state index < -0.39 is 12.2 Å². The van der Waals surface area contributed by atoms with Gasteiger partial charge in [-0.2, -0.15) is 5.26 Å². The Morgan fingerprint density at radius 3 is 2.71 bits per heavy atom. The van der Waals surface area contributed by atoms with Crippen LogP contribution in [-0.4, -0.2) is 26.3 Å². The molecule has 0 aliphatic heterocycles. The summed E-state index contributed by atoms with van der Waals surface area (Å²) in [6, 6.07) is 1.45. The number of aliphatic hydroxyl groups is 2. The molecule has 2 atom stereocenters. The molecule has 0 aliphatic rings. The second kappa shape index (κ2) is 4.19. The van der Waals surface area contributed by atoms with E-state index in [9.17, 15) is 5.11 Å². The van der Waals surface area contributed by atoms with Crippen molar-refractivity contribution in [2.45, 2.75) is 12.2 Å². The number of nitrogen functional groups attached to an aromatic ring is 1. The lowest BCUT2D eigenvalue weighted by atomic mass is 10.1. The van der Waals surface area contributed by atoms with E-state index in [0.717, 1.165) is 0 Å². The fraction of sp³-hybridized carbons (Fsp3) is 0.286. The zero-order chi connectivity index (χ0) is 10.7. The summed E-state index contributed by atoms with van der Waals surface area (Å²) in [6.45, 7) is 0. The summed E-state index contributed by atoms with van der Waals surface area (Å²) in [6.07, 6.45) is -1.90. The van der Waals surface area contributed by atoms with Crippen LogP contribution in [0.15, 0.2) is 6.20 Å². The Bertz CT molecular complexity index is 378. The van der Waals surface area contributed by atoms with E-state index in [-0.39, 0.29) is 16.7 Å². The molecule has 2 unspecified atom stereocenters. The number of aliphatic hydroxyl groups excluding tert-OH is 2. The van der Waals surface area contributed by atoms with Gasteiger partial charge >= 0.3 is 0 Å². The summed E-state index contributed by atoms with van der Waals surface area (Å²) in [7, 11) is 0. The van der Waals surface area contributed by atoms with Crippen molar-refractivity contribution in [2.24, 2.45) is 0 Å². The largest absolute Gasteiger partial charge is 0.383 e. The van der Waals surface area contributed by atoms with Crippen molar-refractivity contribution in [1.29, 1.82) is 5.26 Å². The predicted molar refractivity (Wildman–Crippen MR) is 48.0 cm³/mol. The van der Waals surface area contributed by atoms with Gasteiger partial charge in [-0.3, -0.25) is 4.98 Å². The van der Waals surface area contributed by atoms with E-state index in [0.29, 0.717) is 0 Å². The first-order chi connectivity index (χ1) is 6.56. The van der Waals surface area contributed by atoms with Crippen LogP contribution >= 0.6 is 11.6 Å². The number of halogens is 1. The second-order valence-corrected chi connectivity index (χ2v) is 2.85. The average molecular weight is 215 g/mol. The maximum atomic E-state index is 9.36. The first-order valence-corrected chi connectivity index (χ1v) is 3.97. The Kier molecular flexibility index (Phi) is 3.19. The van der Waals surface area contributed by atoms with E-state index >= 15 is 0 Å². The number of hydrogen-bond acceptors (Lipinski definition) is 6. The van der Waals surface area contributed by atoms with Gasteiger partial charge in [-0.15, -0.1) is 0 Å². The normalized spacial score (nSPS) is 14.4. The van der Waals surface area contributed by atoms with Crippen LogP contribution in [0, 0.1) is 11.3 Å². The molecule has 0 saturated carbocycles. The topological polar surface area (TPSA) is 116 Å². The molecule has 14 heavy (non-hydrogen) atoms.